The van der Waals surface area contributed by atoms with E-state index in [0.29, 0.717) is 28.9 Å². The van der Waals surface area contributed by atoms with E-state index in [1.165, 1.54) is 11.8 Å². The Labute approximate surface area is 204 Å². The number of aromatic nitrogens is 2. The van der Waals surface area contributed by atoms with Gasteiger partial charge < -0.3 is 26.3 Å². The number of carbonyl (C=O) groups is 1. The third kappa shape index (κ3) is 6.77. The van der Waals surface area contributed by atoms with E-state index in [1.54, 1.807) is 6.92 Å². The van der Waals surface area contributed by atoms with Crippen molar-refractivity contribution in [2.45, 2.75) is 43.2 Å². The van der Waals surface area contributed by atoms with Crippen molar-refractivity contribution in [2.75, 3.05) is 42.9 Å². The summed E-state index contributed by atoms with van der Waals surface area (Å²) in [5.41, 5.74) is 7.29. The molecule has 0 bridgehead atoms. The van der Waals surface area contributed by atoms with E-state index in [1.807, 2.05) is 30.3 Å². The van der Waals surface area contributed by atoms with E-state index >= 15 is 0 Å². The van der Waals surface area contributed by atoms with Crippen LogP contribution >= 0.6 is 11.8 Å². The Morgan fingerprint density at radius 3 is 2.53 bits per heavy atom. The molecule has 0 spiro atoms. The maximum Gasteiger partial charge on any atom is 0.227 e. The van der Waals surface area contributed by atoms with Crippen molar-refractivity contribution < 1.29 is 4.79 Å². The molecule has 0 radical (unpaired) electrons. The molecular formula is C24H32N8OS. The zero-order chi connectivity index (χ0) is 24.1. The number of hydrogen-bond acceptors (Lipinski definition) is 8. The van der Waals surface area contributed by atoms with Crippen LogP contribution in [0.25, 0.3) is 0 Å². The van der Waals surface area contributed by atoms with E-state index < -0.39 is 0 Å². The first-order valence-electron chi connectivity index (χ1n) is 11.7. The van der Waals surface area contributed by atoms with Crippen LogP contribution in [-0.4, -0.2) is 65.0 Å². The van der Waals surface area contributed by atoms with Crippen LogP contribution in [0, 0.1) is 11.3 Å². The minimum absolute atomic E-state index is 0.0971. The van der Waals surface area contributed by atoms with E-state index in [-0.39, 0.29) is 11.8 Å². The molecule has 0 unspecified atom stereocenters. The lowest BCUT2D eigenvalue weighted by Gasteiger charge is -2.34. The first-order valence-corrected chi connectivity index (χ1v) is 12.5. The molecule has 1 aromatic carbocycles. The van der Waals surface area contributed by atoms with Gasteiger partial charge in [0.15, 0.2) is 11.0 Å². The number of aliphatic imine (C=N–C) groups is 1. The number of rotatable bonds is 9. The van der Waals surface area contributed by atoms with Crippen molar-refractivity contribution in [3.63, 3.8) is 0 Å². The number of amides is 1. The molecule has 1 saturated heterocycles. The number of hydrogen-bond donors (Lipinski definition) is 3. The number of nitrogens with zero attached hydrogens (tertiary/aromatic N) is 5. The Balaban J connectivity index is 1.53. The van der Waals surface area contributed by atoms with Crippen LogP contribution in [0.2, 0.25) is 0 Å². The van der Waals surface area contributed by atoms with Crippen molar-refractivity contribution in [1.29, 1.82) is 5.41 Å². The second-order valence-electron chi connectivity index (χ2n) is 8.74. The van der Waals surface area contributed by atoms with Gasteiger partial charge in [-0.1, -0.05) is 6.92 Å². The van der Waals surface area contributed by atoms with Gasteiger partial charge in [-0.2, -0.15) is 0 Å². The molecule has 4 rings (SSSR count). The maximum absolute atomic E-state index is 12.0. The molecule has 2 aromatic rings. The molecule has 2 aliphatic rings. The number of amidine groups is 1. The summed E-state index contributed by atoms with van der Waals surface area (Å²) in [6, 6.07) is 9.59. The SMILES string of the molecule is CCN1CCN(c2cc(N=C(N)CC(C)=N)nc(Sc3ccc(NC(=O)C4CC4)cc3)n2)CC1. The smallest absolute Gasteiger partial charge is 0.227 e. The van der Waals surface area contributed by atoms with Gasteiger partial charge in [0.1, 0.15) is 11.7 Å². The van der Waals surface area contributed by atoms with Gasteiger partial charge in [0.2, 0.25) is 5.91 Å². The van der Waals surface area contributed by atoms with Gasteiger partial charge in [-0.25, -0.2) is 15.0 Å². The highest BCUT2D eigenvalue weighted by Crippen LogP contribution is 2.32. The first-order chi connectivity index (χ1) is 16.4. The second-order valence-corrected chi connectivity index (χ2v) is 9.78. The van der Waals surface area contributed by atoms with Crippen LogP contribution in [0.1, 0.15) is 33.1 Å². The largest absolute Gasteiger partial charge is 0.387 e. The van der Waals surface area contributed by atoms with Gasteiger partial charge in [0, 0.05) is 60.9 Å². The van der Waals surface area contributed by atoms with Gasteiger partial charge in [-0.15, -0.1) is 0 Å². The second kappa shape index (κ2) is 11.0. The maximum atomic E-state index is 12.0. The van der Waals surface area contributed by atoms with Crippen LogP contribution < -0.4 is 16.0 Å². The minimum Gasteiger partial charge on any atom is -0.387 e. The van der Waals surface area contributed by atoms with Crippen LogP contribution in [0.5, 0.6) is 0 Å². The van der Waals surface area contributed by atoms with Crippen LogP contribution in [0.15, 0.2) is 45.4 Å². The molecule has 1 aliphatic heterocycles. The van der Waals surface area contributed by atoms with E-state index in [9.17, 15) is 4.79 Å². The molecule has 9 nitrogen and oxygen atoms in total. The van der Waals surface area contributed by atoms with Gasteiger partial charge in [-0.05, 0) is 62.3 Å². The summed E-state index contributed by atoms with van der Waals surface area (Å²) in [5.74, 6) is 1.96. The standard InChI is InChI=1S/C24H32N8OS/c1-3-31-10-12-32(13-11-31)22-15-21(28-20(26)14-16(2)25)29-24(30-22)34-19-8-6-18(7-9-19)27-23(33)17-4-5-17/h6-9,15,17,25H,3-5,10-14H2,1-2H3,(H,27,33)(H2,26,28,29,30). The summed E-state index contributed by atoms with van der Waals surface area (Å²) in [6.45, 7) is 8.70. The molecule has 4 N–H and O–H groups in total. The van der Waals surface area contributed by atoms with Crippen LogP contribution in [0.3, 0.4) is 0 Å². The highest BCUT2D eigenvalue weighted by molar-refractivity contribution is 7.99. The molecule has 180 valence electrons. The van der Waals surface area contributed by atoms with Crippen molar-refractivity contribution in [2.24, 2.45) is 16.6 Å². The lowest BCUT2D eigenvalue weighted by Crippen LogP contribution is -2.46. The first kappa shape index (κ1) is 24.2. The number of carbonyl (C=O) groups excluding carboxylic acids is 1. The summed E-state index contributed by atoms with van der Waals surface area (Å²) >= 11 is 1.45. The number of benzene rings is 1. The monoisotopic (exact) mass is 480 g/mol. The highest BCUT2D eigenvalue weighted by atomic mass is 32.2. The average Bonchev–Trinajstić information content (AvgIpc) is 3.65. The highest BCUT2D eigenvalue weighted by Gasteiger charge is 2.29. The number of nitrogens with one attached hydrogen (secondary N) is 2. The van der Waals surface area contributed by atoms with Gasteiger partial charge in [0.05, 0.1) is 0 Å². The normalized spacial score (nSPS) is 17.0. The van der Waals surface area contributed by atoms with Gasteiger partial charge >= 0.3 is 0 Å². The summed E-state index contributed by atoms with van der Waals surface area (Å²) in [7, 11) is 0. The van der Waals surface area contributed by atoms with Crippen molar-refractivity contribution in [3.8, 4) is 0 Å². The lowest BCUT2D eigenvalue weighted by atomic mass is 10.3. The predicted octanol–water partition coefficient (Wildman–Crippen LogP) is 3.54. The third-order valence-electron chi connectivity index (χ3n) is 5.81. The van der Waals surface area contributed by atoms with Crippen LogP contribution in [0.4, 0.5) is 17.3 Å². The fourth-order valence-corrected chi connectivity index (χ4v) is 4.48. The fourth-order valence-electron chi connectivity index (χ4n) is 3.72. The molecule has 10 heteroatoms. The summed E-state index contributed by atoms with van der Waals surface area (Å²) < 4.78 is 0. The Bertz CT molecular complexity index is 1060. The molecule has 1 amide bonds. The number of anilines is 2. The zero-order valence-corrected chi connectivity index (χ0v) is 20.6. The Morgan fingerprint density at radius 2 is 1.91 bits per heavy atom. The minimum atomic E-state index is 0.0971. The van der Waals surface area contributed by atoms with Crippen molar-refractivity contribution in [3.05, 3.63) is 30.3 Å². The van der Waals surface area contributed by atoms with Crippen LogP contribution in [-0.2, 0) is 4.79 Å². The molecule has 1 aliphatic carbocycles. The average molecular weight is 481 g/mol. The van der Waals surface area contributed by atoms with Gasteiger partial charge in [-0.3, -0.25) is 4.79 Å². The topological polar surface area (TPSA) is 124 Å². The predicted molar refractivity (Wildman–Crippen MR) is 138 cm³/mol. The Kier molecular flexibility index (Phi) is 7.79. The molecule has 1 aromatic heterocycles. The summed E-state index contributed by atoms with van der Waals surface area (Å²) in [6.07, 6.45) is 2.27. The zero-order valence-electron chi connectivity index (χ0n) is 19.8. The molecule has 2 fully saturated rings. The summed E-state index contributed by atoms with van der Waals surface area (Å²) in [5, 5.41) is 11.2. The molecule has 2 heterocycles. The third-order valence-corrected chi connectivity index (χ3v) is 6.68. The number of nitrogens with two attached hydrogens (primary N) is 1. The van der Waals surface area contributed by atoms with Crippen molar-refractivity contribution in [1.82, 2.24) is 14.9 Å². The molecule has 1 saturated carbocycles. The quantitative estimate of drug-likeness (QED) is 0.285. The van der Waals surface area contributed by atoms with E-state index in [2.05, 4.69) is 32.0 Å². The fraction of sp³-hybridized carbons (Fsp3) is 0.458. The van der Waals surface area contributed by atoms with E-state index in [4.69, 9.17) is 16.1 Å². The van der Waals surface area contributed by atoms with Gasteiger partial charge in [0.25, 0.3) is 0 Å². The Hall–Kier alpha value is -2.98. The lowest BCUT2D eigenvalue weighted by molar-refractivity contribution is -0.117. The van der Waals surface area contributed by atoms with Crippen molar-refractivity contribution >= 4 is 46.5 Å². The summed E-state index contributed by atoms with van der Waals surface area (Å²) in [4.78, 5) is 31.5. The number of piperazine rings is 1. The van der Waals surface area contributed by atoms with E-state index in [0.717, 1.165) is 62.0 Å². The Morgan fingerprint density at radius 1 is 1.21 bits per heavy atom. The molecule has 0 atom stereocenters. The molecular weight excluding hydrogens is 448 g/mol. The molecule has 34 heavy (non-hydrogen) atoms. The number of likely N-dealkylation sites (N-methyl/N-ethyl adjacent to an activating group) is 1.